The van der Waals surface area contributed by atoms with E-state index in [1.807, 2.05) is 12.1 Å². The second-order valence-corrected chi connectivity index (χ2v) is 5.28. The molecular formula is C14H24N2O2. The Morgan fingerprint density at radius 3 is 2.56 bits per heavy atom. The molecule has 1 aromatic rings. The summed E-state index contributed by atoms with van der Waals surface area (Å²) >= 11 is 0. The van der Waals surface area contributed by atoms with Crippen LogP contribution in [0.1, 0.15) is 32.9 Å². The fourth-order valence-corrected chi connectivity index (χ4v) is 1.35. The Labute approximate surface area is 110 Å². The first-order valence-corrected chi connectivity index (χ1v) is 6.33. The van der Waals surface area contributed by atoms with Crippen molar-refractivity contribution in [3.8, 4) is 5.75 Å². The molecule has 0 atom stereocenters. The molecule has 0 unspecified atom stereocenters. The SMILES string of the molecule is COCCCOc1ccc(CNC(C)(C)C)nc1. The number of ether oxygens (including phenoxy) is 2. The third-order valence-electron chi connectivity index (χ3n) is 2.36. The minimum atomic E-state index is 0.108. The van der Waals surface area contributed by atoms with Gasteiger partial charge in [0.1, 0.15) is 5.75 Å². The van der Waals surface area contributed by atoms with Crippen LogP contribution in [0.4, 0.5) is 0 Å². The summed E-state index contributed by atoms with van der Waals surface area (Å²) < 4.78 is 10.5. The summed E-state index contributed by atoms with van der Waals surface area (Å²) in [5.41, 5.74) is 1.13. The molecule has 0 saturated carbocycles. The topological polar surface area (TPSA) is 43.4 Å². The zero-order valence-corrected chi connectivity index (χ0v) is 11.8. The van der Waals surface area contributed by atoms with Gasteiger partial charge in [-0.25, -0.2) is 0 Å². The second kappa shape index (κ2) is 7.34. The minimum Gasteiger partial charge on any atom is -0.492 e. The third kappa shape index (κ3) is 6.57. The lowest BCUT2D eigenvalue weighted by atomic mass is 10.1. The Hall–Kier alpha value is -1.13. The van der Waals surface area contributed by atoms with E-state index < -0.39 is 0 Å². The summed E-state index contributed by atoms with van der Waals surface area (Å²) in [5.74, 6) is 0.811. The minimum absolute atomic E-state index is 0.108. The second-order valence-electron chi connectivity index (χ2n) is 5.28. The van der Waals surface area contributed by atoms with E-state index in [2.05, 4.69) is 31.1 Å². The van der Waals surface area contributed by atoms with E-state index in [1.165, 1.54) is 0 Å². The highest BCUT2D eigenvalue weighted by Gasteiger charge is 2.08. The molecule has 102 valence electrons. The maximum absolute atomic E-state index is 5.55. The Morgan fingerprint density at radius 2 is 2.00 bits per heavy atom. The van der Waals surface area contributed by atoms with Crippen molar-refractivity contribution >= 4 is 0 Å². The van der Waals surface area contributed by atoms with E-state index in [0.29, 0.717) is 6.61 Å². The Bertz CT molecular complexity index is 331. The molecule has 0 bridgehead atoms. The molecule has 1 aromatic heterocycles. The van der Waals surface area contributed by atoms with Crippen LogP contribution in [0.5, 0.6) is 5.75 Å². The monoisotopic (exact) mass is 252 g/mol. The quantitative estimate of drug-likeness (QED) is 0.757. The third-order valence-corrected chi connectivity index (χ3v) is 2.36. The lowest BCUT2D eigenvalue weighted by Crippen LogP contribution is -2.35. The summed E-state index contributed by atoms with van der Waals surface area (Å²) in [5, 5.41) is 3.40. The maximum Gasteiger partial charge on any atom is 0.137 e. The molecule has 0 spiro atoms. The molecule has 4 nitrogen and oxygen atoms in total. The average molecular weight is 252 g/mol. The van der Waals surface area contributed by atoms with Crippen LogP contribution in [0.2, 0.25) is 0 Å². The first-order valence-electron chi connectivity index (χ1n) is 6.33. The molecule has 0 aliphatic carbocycles. The summed E-state index contributed by atoms with van der Waals surface area (Å²) in [7, 11) is 1.69. The van der Waals surface area contributed by atoms with Crippen molar-refractivity contribution in [2.45, 2.75) is 39.3 Å². The molecular weight excluding hydrogens is 228 g/mol. The standard InChI is InChI=1S/C14H24N2O2/c1-14(2,3)16-10-12-6-7-13(11-15-12)18-9-5-8-17-4/h6-7,11,16H,5,8-10H2,1-4H3. The molecule has 4 heteroatoms. The number of pyridine rings is 1. The van der Waals surface area contributed by atoms with Crippen molar-refractivity contribution in [1.29, 1.82) is 0 Å². The van der Waals surface area contributed by atoms with Crippen molar-refractivity contribution < 1.29 is 9.47 Å². The molecule has 0 amide bonds. The van der Waals surface area contributed by atoms with E-state index in [0.717, 1.165) is 31.0 Å². The molecule has 0 aliphatic rings. The molecule has 0 radical (unpaired) electrons. The van der Waals surface area contributed by atoms with Crippen LogP contribution in [0.15, 0.2) is 18.3 Å². The first-order chi connectivity index (χ1) is 8.51. The van der Waals surface area contributed by atoms with Gasteiger partial charge >= 0.3 is 0 Å². The first kappa shape index (κ1) is 14.9. The van der Waals surface area contributed by atoms with Crippen molar-refractivity contribution in [2.75, 3.05) is 20.3 Å². The van der Waals surface area contributed by atoms with Crippen molar-refractivity contribution in [3.63, 3.8) is 0 Å². The van der Waals surface area contributed by atoms with Gasteiger partial charge in [0, 0.05) is 32.2 Å². The molecule has 0 aromatic carbocycles. The maximum atomic E-state index is 5.55. The molecule has 1 heterocycles. The highest BCUT2D eigenvalue weighted by atomic mass is 16.5. The van der Waals surface area contributed by atoms with Gasteiger partial charge in [0.25, 0.3) is 0 Å². The van der Waals surface area contributed by atoms with Gasteiger partial charge in [-0.3, -0.25) is 4.98 Å². The largest absolute Gasteiger partial charge is 0.492 e. The zero-order chi connectivity index (χ0) is 13.4. The summed E-state index contributed by atoms with van der Waals surface area (Å²) in [6.45, 7) is 8.57. The van der Waals surface area contributed by atoms with Gasteiger partial charge < -0.3 is 14.8 Å². The van der Waals surface area contributed by atoms with Crippen LogP contribution in [0.3, 0.4) is 0 Å². The van der Waals surface area contributed by atoms with Gasteiger partial charge in [0.2, 0.25) is 0 Å². The number of methoxy groups -OCH3 is 1. The van der Waals surface area contributed by atoms with Crippen LogP contribution in [-0.4, -0.2) is 30.8 Å². The molecule has 1 N–H and O–H groups in total. The van der Waals surface area contributed by atoms with Crippen molar-refractivity contribution in [3.05, 3.63) is 24.0 Å². The fourth-order valence-electron chi connectivity index (χ4n) is 1.35. The van der Waals surface area contributed by atoms with Gasteiger partial charge in [-0.15, -0.1) is 0 Å². The zero-order valence-electron chi connectivity index (χ0n) is 11.8. The Kier molecular flexibility index (Phi) is 6.09. The van der Waals surface area contributed by atoms with Gasteiger partial charge in [0.15, 0.2) is 0 Å². The van der Waals surface area contributed by atoms with E-state index in [-0.39, 0.29) is 5.54 Å². The normalized spacial score (nSPS) is 11.6. The van der Waals surface area contributed by atoms with Gasteiger partial charge in [-0.1, -0.05) is 0 Å². The number of hydrogen-bond acceptors (Lipinski definition) is 4. The summed E-state index contributed by atoms with van der Waals surface area (Å²) in [4.78, 5) is 4.36. The number of hydrogen-bond donors (Lipinski definition) is 1. The fraction of sp³-hybridized carbons (Fsp3) is 0.643. The number of nitrogens with one attached hydrogen (secondary N) is 1. The van der Waals surface area contributed by atoms with Gasteiger partial charge in [-0.2, -0.15) is 0 Å². The lowest BCUT2D eigenvalue weighted by molar-refractivity contribution is 0.172. The van der Waals surface area contributed by atoms with Crippen LogP contribution < -0.4 is 10.1 Å². The van der Waals surface area contributed by atoms with Crippen LogP contribution >= 0.6 is 0 Å². The van der Waals surface area contributed by atoms with Crippen molar-refractivity contribution in [2.24, 2.45) is 0 Å². The van der Waals surface area contributed by atoms with E-state index in [4.69, 9.17) is 9.47 Å². The van der Waals surface area contributed by atoms with Crippen LogP contribution in [0, 0.1) is 0 Å². The van der Waals surface area contributed by atoms with Crippen molar-refractivity contribution in [1.82, 2.24) is 10.3 Å². The lowest BCUT2D eigenvalue weighted by Gasteiger charge is -2.20. The average Bonchev–Trinajstić information content (AvgIpc) is 2.33. The number of nitrogens with zero attached hydrogens (tertiary/aromatic N) is 1. The highest BCUT2D eigenvalue weighted by Crippen LogP contribution is 2.10. The van der Waals surface area contributed by atoms with Crippen LogP contribution in [-0.2, 0) is 11.3 Å². The Morgan fingerprint density at radius 1 is 1.22 bits per heavy atom. The molecule has 0 saturated heterocycles. The molecule has 0 aliphatic heterocycles. The predicted octanol–water partition coefficient (Wildman–Crippen LogP) is 2.39. The van der Waals surface area contributed by atoms with E-state index in [9.17, 15) is 0 Å². The number of rotatable bonds is 7. The van der Waals surface area contributed by atoms with E-state index >= 15 is 0 Å². The van der Waals surface area contributed by atoms with E-state index in [1.54, 1.807) is 13.3 Å². The smallest absolute Gasteiger partial charge is 0.137 e. The molecule has 0 fully saturated rings. The Balaban J connectivity index is 2.33. The summed E-state index contributed by atoms with van der Waals surface area (Å²) in [6, 6.07) is 3.95. The highest BCUT2D eigenvalue weighted by molar-refractivity contribution is 5.19. The van der Waals surface area contributed by atoms with Gasteiger partial charge in [0.05, 0.1) is 18.5 Å². The molecule has 18 heavy (non-hydrogen) atoms. The summed E-state index contributed by atoms with van der Waals surface area (Å²) in [6.07, 6.45) is 2.66. The number of aromatic nitrogens is 1. The van der Waals surface area contributed by atoms with Crippen LogP contribution in [0.25, 0.3) is 0 Å². The molecule has 1 rings (SSSR count). The predicted molar refractivity (Wildman–Crippen MR) is 72.8 cm³/mol. The van der Waals surface area contributed by atoms with Gasteiger partial charge in [-0.05, 0) is 32.9 Å².